The first-order valence-corrected chi connectivity index (χ1v) is 12.5. The Morgan fingerprint density at radius 3 is 2.37 bits per heavy atom. The molecule has 2 aromatic rings. The van der Waals surface area contributed by atoms with Gasteiger partial charge in [0.15, 0.2) is 9.84 Å². The third kappa shape index (κ3) is 4.04. The largest absolute Gasteiger partial charge is 0.342 e. The lowest BCUT2D eigenvalue weighted by Gasteiger charge is -2.33. The van der Waals surface area contributed by atoms with Crippen LogP contribution >= 0.6 is 0 Å². The number of likely N-dealkylation sites (tertiary alicyclic amines) is 1. The second kappa shape index (κ2) is 7.84. The maximum Gasteiger partial charge on any atom is 0.227 e. The van der Waals surface area contributed by atoms with E-state index in [-0.39, 0.29) is 17.6 Å². The van der Waals surface area contributed by atoms with Gasteiger partial charge in [-0.05, 0) is 73.8 Å². The lowest BCUT2D eigenvalue weighted by Crippen LogP contribution is -2.42. The predicted molar refractivity (Wildman–Crippen MR) is 121 cm³/mol. The molecule has 0 unspecified atom stereocenters. The molecule has 1 saturated heterocycles. The van der Waals surface area contributed by atoms with Crippen molar-refractivity contribution in [3.63, 3.8) is 0 Å². The van der Waals surface area contributed by atoms with Crippen LogP contribution in [0.5, 0.6) is 0 Å². The molecule has 0 radical (unpaired) electrons. The minimum atomic E-state index is -3.12. The van der Waals surface area contributed by atoms with Crippen molar-refractivity contribution < 1.29 is 13.2 Å². The van der Waals surface area contributed by atoms with E-state index in [4.69, 9.17) is 0 Å². The van der Waals surface area contributed by atoms with Crippen LogP contribution in [0.25, 0.3) is 11.1 Å². The molecule has 1 amide bonds. The number of sulfone groups is 1. The summed E-state index contributed by atoms with van der Waals surface area (Å²) in [4.78, 5) is 14.9. The Hall–Kier alpha value is -2.14. The Kier molecular flexibility index (Phi) is 5.52. The van der Waals surface area contributed by atoms with Crippen LogP contribution in [0.2, 0.25) is 0 Å². The van der Waals surface area contributed by atoms with Crippen molar-refractivity contribution >= 4 is 15.7 Å². The highest BCUT2D eigenvalue weighted by Gasteiger charge is 2.33. The van der Waals surface area contributed by atoms with Crippen molar-refractivity contribution in [2.75, 3.05) is 18.8 Å². The van der Waals surface area contributed by atoms with Crippen LogP contribution in [-0.4, -0.2) is 42.8 Å². The van der Waals surface area contributed by atoms with Crippen molar-refractivity contribution in [2.24, 2.45) is 5.92 Å². The summed E-state index contributed by atoms with van der Waals surface area (Å²) in [7, 11) is -3.12. The molecular formula is C25H31NO3S. The van der Waals surface area contributed by atoms with E-state index in [1.165, 1.54) is 22.3 Å². The van der Waals surface area contributed by atoms with Gasteiger partial charge in [-0.1, -0.05) is 42.5 Å². The van der Waals surface area contributed by atoms with Gasteiger partial charge in [0.05, 0.1) is 16.9 Å². The van der Waals surface area contributed by atoms with E-state index in [9.17, 15) is 13.2 Å². The van der Waals surface area contributed by atoms with Gasteiger partial charge in [-0.3, -0.25) is 4.79 Å². The second-order valence-corrected chi connectivity index (χ2v) is 12.5. The van der Waals surface area contributed by atoms with Crippen molar-refractivity contribution in [2.45, 2.75) is 51.2 Å². The van der Waals surface area contributed by atoms with Crippen LogP contribution in [0.4, 0.5) is 0 Å². The highest BCUT2D eigenvalue weighted by molar-refractivity contribution is 7.92. The molecule has 0 spiro atoms. The third-order valence-electron chi connectivity index (χ3n) is 6.64. The van der Waals surface area contributed by atoms with Gasteiger partial charge in [0.2, 0.25) is 5.91 Å². The zero-order chi connectivity index (χ0) is 21.5. The normalized spacial score (nSPS) is 17.0. The van der Waals surface area contributed by atoms with Gasteiger partial charge in [-0.2, -0.15) is 0 Å². The SMILES string of the molecule is CC(C)(C)S(=O)(=O)CC1CCN(C(=O)Cc2cccc3c2Cc2ccccc2-3)CC1. The Balaban J connectivity index is 1.39. The number of fused-ring (bicyclic) bond motifs is 3. The molecule has 30 heavy (non-hydrogen) atoms. The monoisotopic (exact) mass is 425 g/mol. The Bertz CT molecular complexity index is 1060. The van der Waals surface area contributed by atoms with Crippen LogP contribution in [0, 0.1) is 5.92 Å². The summed E-state index contributed by atoms with van der Waals surface area (Å²) in [5.74, 6) is 0.522. The Labute approximate surface area is 180 Å². The van der Waals surface area contributed by atoms with Crippen LogP contribution in [-0.2, 0) is 27.5 Å². The summed E-state index contributed by atoms with van der Waals surface area (Å²) in [5.41, 5.74) is 6.25. The standard InChI is InChI=1S/C25H31NO3S/c1-25(2,3)30(28,29)17-18-11-13-26(14-12-18)24(27)16-20-8-6-10-22-21-9-5-4-7-19(21)15-23(20)22/h4-10,18H,11-17H2,1-3H3. The molecule has 0 bridgehead atoms. The molecule has 0 N–H and O–H groups in total. The van der Waals surface area contributed by atoms with Gasteiger partial charge in [0, 0.05) is 13.1 Å². The van der Waals surface area contributed by atoms with Crippen LogP contribution in [0.3, 0.4) is 0 Å². The van der Waals surface area contributed by atoms with Gasteiger partial charge < -0.3 is 4.90 Å². The minimum Gasteiger partial charge on any atom is -0.342 e. The van der Waals surface area contributed by atoms with Crippen LogP contribution < -0.4 is 0 Å². The predicted octanol–water partition coefficient (Wildman–Crippen LogP) is 4.25. The number of benzene rings is 2. The topological polar surface area (TPSA) is 54.5 Å². The lowest BCUT2D eigenvalue weighted by molar-refractivity contribution is -0.131. The fourth-order valence-corrected chi connectivity index (χ4v) is 6.03. The molecule has 160 valence electrons. The molecular weight excluding hydrogens is 394 g/mol. The van der Waals surface area contributed by atoms with Crippen molar-refractivity contribution in [1.29, 1.82) is 0 Å². The number of nitrogens with zero attached hydrogens (tertiary/aromatic N) is 1. The zero-order valence-electron chi connectivity index (χ0n) is 18.1. The minimum absolute atomic E-state index is 0.147. The molecule has 2 aliphatic rings. The first kappa shape index (κ1) is 21.1. The first-order chi connectivity index (χ1) is 14.2. The van der Waals surface area contributed by atoms with Gasteiger partial charge >= 0.3 is 0 Å². The highest BCUT2D eigenvalue weighted by Crippen LogP contribution is 2.38. The first-order valence-electron chi connectivity index (χ1n) is 10.8. The van der Waals surface area contributed by atoms with E-state index in [0.717, 1.165) is 24.8 Å². The molecule has 5 heteroatoms. The molecule has 1 fully saturated rings. The number of piperidine rings is 1. The van der Waals surface area contributed by atoms with E-state index in [1.54, 1.807) is 20.8 Å². The van der Waals surface area contributed by atoms with E-state index < -0.39 is 14.6 Å². The third-order valence-corrected chi connectivity index (χ3v) is 9.42. The average molecular weight is 426 g/mol. The van der Waals surface area contributed by atoms with E-state index >= 15 is 0 Å². The number of hydrogen-bond acceptors (Lipinski definition) is 3. The number of carbonyl (C=O) groups excluding carboxylic acids is 1. The molecule has 0 aromatic heterocycles. The average Bonchev–Trinajstić information content (AvgIpc) is 3.07. The van der Waals surface area contributed by atoms with Gasteiger partial charge in [-0.25, -0.2) is 8.42 Å². The van der Waals surface area contributed by atoms with Gasteiger partial charge in [0.25, 0.3) is 0 Å². The Morgan fingerprint density at radius 1 is 1.00 bits per heavy atom. The Morgan fingerprint density at radius 2 is 1.67 bits per heavy atom. The fourth-order valence-electron chi connectivity index (χ4n) is 4.57. The van der Waals surface area contributed by atoms with E-state index in [2.05, 4.69) is 36.4 Å². The number of carbonyl (C=O) groups is 1. The molecule has 4 nitrogen and oxygen atoms in total. The number of hydrogen-bond donors (Lipinski definition) is 0. The molecule has 0 saturated carbocycles. The lowest BCUT2D eigenvalue weighted by atomic mass is 9.96. The number of rotatable bonds is 4. The van der Waals surface area contributed by atoms with Gasteiger partial charge in [0.1, 0.15) is 0 Å². The maximum atomic E-state index is 13.0. The smallest absolute Gasteiger partial charge is 0.227 e. The summed E-state index contributed by atoms with van der Waals surface area (Å²) in [6, 6.07) is 14.7. The summed E-state index contributed by atoms with van der Waals surface area (Å²) in [6.45, 7) is 6.59. The summed E-state index contributed by atoms with van der Waals surface area (Å²) >= 11 is 0. The van der Waals surface area contributed by atoms with Crippen LogP contribution in [0.15, 0.2) is 42.5 Å². The van der Waals surface area contributed by atoms with Crippen molar-refractivity contribution in [1.82, 2.24) is 4.90 Å². The van der Waals surface area contributed by atoms with E-state index in [0.29, 0.717) is 19.5 Å². The summed E-state index contributed by atoms with van der Waals surface area (Å²) in [6.07, 6.45) is 2.84. The highest BCUT2D eigenvalue weighted by atomic mass is 32.2. The molecule has 1 aliphatic carbocycles. The molecule has 4 rings (SSSR count). The fraction of sp³-hybridized carbons (Fsp3) is 0.480. The van der Waals surface area contributed by atoms with Crippen LogP contribution in [0.1, 0.15) is 50.3 Å². The number of amides is 1. The van der Waals surface area contributed by atoms with E-state index in [1.807, 2.05) is 11.0 Å². The van der Waals surface area contributed by atoms with Crippen molar-refractivity contribution in [3.05, 3.63) is 59.2 Å². The van der Waals surface area contributed by atoms with Gasteiger partial charge in [-0.15, -0.1) is 0 Å². The molecule has 2 aromatic carbocycles. The summed E-state index contributed by atoms with van der Waals surface area (Å²) < 4.78 is 24.3. The molecule has 1 aliphatic heterocycles. The zero-order valence-corrected chi connectivity index (χ0v) is 19.0. The molecule has 1 heterocycles. The quantitative estimate of drug-likeness (QED) is 0.628. The summed E-state index contributed by atoms with van der Waals surface area (Å²) in [5, 5.41) is 0. The second-order valence-electron chi connectivity index (χ2n) is 9.67. The maximum absolute atomic E-state index is 13.0. The molecule has 0 atom stereocenters. The van der Waals surface area contributed by atoms with Crippen molar-refractivity contribution in [3.8, 4) is 11.1 Å².